The number of carbonyl (C=O) groups is 2. The van der Waals surface area contributed by atoms with Crippen LogP contribution < -0.4 is 11.1 Å². The van der Waals surface area contributed by atoms with Crippen LogP contribution in [0.4, 0.5) is 0 Å². The van der Waals surface area contributed by atoms with Gasteiger partial charge in [0.1, 0.15) is 6.04 Å². The molecule has 6 heteroatoms. The van der Waals surface area contributed by atoms with Crippen LogP contribution in [0.1, 0.15) is 33.1 Å². The van der Waals surface area contributed by atoms with Gasteiger partial charge in [0.05, 0.1) is 13.7 Å². The van der Waals surface area contributed by atoms with E-state index in [-0.39, 0.29) is 23.8 Å². The Kier molecular flexibility index (Phi) is 6.95. The Morgan fingerprint density at radius 3 is 2.75 bits per heavy atom. The summed E-state index contributed by atoms with van der Waals surface area (Å²) in [5.41, 5.74) is 5.69. The number of hydrogen-bond donors (Lipinski definition) is 2. The molecule has 0 radical (unpaired) electrons. The summed E-state index contributed by atoms with van der Waals surface area (Å²) in [6.07, 6.45) is 2.91. The van der Waals surface area contributed by atoms with Crippen molar-refractivity contribution in [2.75, 3.05) is 26.7 Å². The molecule has 6 nitrogen and oxygen atoms in total. The van der Waals surface area contributed by atoms with Crippen molar-refractivity contribution in [3.8, 4) is 0 Å². The van der Waals surface area contributed by atoms with Gasteiger partial charge in [0.15, 0.2) is 0 Å². The van der Waals surface area contributed by atoms with Crippen molar-refractivity contribution in [2.24, 2.45) is 11.7 Å². The molecule has 1 rings (SSSR count). The van der Waals surface area contributed by atoms with Gasteiger partial charge in [-0.05, 0) is 25.3 Å². The highest BCUT2D eigenvalue weighted by atomic mass is 16.5. The first-order valence-electron chi connectivity index (χ1n) is 7.34. The Balaban J connectivity index is 2.55. The number of amides is 1. The minimum Gasteiger partial charge on any atom is -0.467 e. The fraction of sp³-hybridized carbons (Fsp3) is 0.857. The van der Waals surface area contributed by atoms with Crippen LogP contribution in [0.15, 0.2) is 0 Å². The second-order valence-electron chi connectivity index (χ2n) is 5.46. The molecule has 3 N–H and O–H groups in total. The van der Waals surface area contributed by atoms with Gasteiger partial charge < -0.3 is 15.8 Å². The molecule has 3 atom stereocenters. The molecule has 116 valence electrons. The number of nitrogens with one attached hydrogen (secondary N) is 1. The van der Waals surface area contributed by atoms with Gasteiger partial charge in [-0.3, -0.25) is 9.69 Å². The average Bonchev–Trinajstić information content (AvgIpc) is 2.90. The van der Waals surface area contributed by atoms with Crippen LogP contribution in [0.3, 0.4) is 0 Å². The molecule has 0 aliphatic carbocycles. The number of likely N-dealkylation sites (tertiary alicyclic amines) is 1. The number of esters is 1. The van der Waals surface area contributed by atoms with Gasteiger partial charge in [-0.15, -0.1) is 0 Å². The van der Waals surface area contributed by atoms with Crippen LogP contribution in [-0.4, -0.2) is 55.6 Å². The molecular formula is C14H27N3O3. The van der Waals surface area contributed by atoms with E-state index in [1.54, 1.807) is 0 Å². The van der Waals surface area contributed by atoms with E-state index in [2.05, 4.69) is 10.2 Å². The molecule has 1 aliphatic rings. The number of carbonyl (C=O) groups excluding carboxylic acids is 2. The van der Waals surface area contributed by atoms with E-state index in [1.165, 1.54) is 7.11 Å². The van der Waals surface area contributed by atoms with Crippen LogP contribution >= 0.6 is 0 Å². The van der Waals surface area contributed by atoms with Crippen LogP contribution in [0, 0.1) is 5.92 Å². The molecule has 1 amide bonds. The summed E-state index contributed by atoms with van der Waals surface area (Å²) in [5, 5.41) is 2.79. The predicted molar refractivity (Wildman–Crippen MR) is 77.1 cm³/mol. The van der Waals surface area contributed by atoms with Crippen molar-refractivity contribution >= 4 is 11.9 Å². The monoisotopic (exact) mass is 285 g/mol. The number of ether oxygens (including phenoxy) is 1. The van der Waals surface area contributed by atoms with Gasteiger partial charge in [0.25, 0.3) is 0 Å². The zero-order valence-electron chi connectivity index (χ0n) is 12.7. The lowest BCUT2D eigenvalue weighted by molar-refractivity contribution is -0.146. The summed E-state index contributed by atoms with van der Waals surface area (Å²) in [6, 6.07) is -0.294. The quantitative estimate of drug-likeness (QED) is 0.649. The first-order valence-corrected chi connectivity index (χ1v) is 7.34. The lowest BCUT2D eigenvalue weighted by Gasteiger charge is -2.25. The summed E-state index contributed by atoms with van der Waals surface area (Å²) >= 11 is 0. The Labute approximate surface area is 121 Å². The predicted octanol–water partition coefficient (Wildman–Crippen LogP) is 0.113. The third-order valence-corrected chi connectivity index (χ3v) is 4.10. The summed E-state index contributed by atoms with van der Waals surface area (Å²) < 4.78 is 4.76. The van der Waals surface area contributed by atoms with E-state index in [9.17, 15) is 9.59 Å². The van der Waals surface area contributed by atoms with Gasteiger partial charge in [0.2, 0.25) is 5.91 Å². The smallest absolute Gasteiger partial charge is 0.328 e. The van der Waals surface area contributed by atoms with E-state index in [0.29, 0.717) is 13.1 Å². The number of nitrogens with zero attached hydrogens (tertiary/aromatic N) is 1. The van der Waals surface area contributed by atoms with Crippen molar-refractivity contribution in [1.82, 2.24) is 10.2 Å². The number of rotatable bonds is 7. The summed E-state index contributed by atoms with van der Waals surface area (Å²) in [4.78, 5) is 25.9. The number of nitrogens with two attached hydrogens (primary N) is 1. The lowest BCUT2D eigenvalue weighted by Crippen LogP contribution is -2.50. The SMILES string of the molecule is CCC(C)C(NC(=O)CN1CCCC1CN)C(=O)OC. The van der Waals surface area contributed by atoms with Gasteiger partial charge in [-0.1, -0.05) is 20.3 Å². The van der Waals surface area contributed by atoms with Crippen molar-refractivity contribution in [3.63, 3.8) is 0 Å². The average molecular weight is 285 g/mol. The fourth-order valence-corrected chi connectivity index (χ4v) is 2.57. The van der Waals surface area contributed by atoms with Gasteiger partial charge in [-0.25, -0.2) is 4.79 Å². The van der Waals surface area contributed by atoms with Crippen LogP contribution in [0.2, 0.25) is 0 Å². The van der Waals surface area contributed by atoms with Crippen molar-refractivity contribution in [3.05, 3.63) is 0 Å². The zero-order chi connectivity index (χ0) is 15.1. The lowest BCUT2D eigenvalue weighted by atomic mass is 9.99. The Morgan fingerprint density at radius 2 is 2.20 bits per heavy atom. The molecule has 0 saturated carbocycles. The Bertz CT molecular complexity index is 336. The van der Waals surface area contributed by atoms with Crippen molar-refractivity contribution in [1.29, 1.82) is 0 Å². The molecule has 0 spiro atoms. The topological polar surface area (TPSA) is 84.7 Å². The highest BCUT2D eigenvalue weighted by Crippen LogP contribution is 2.15. The van der Waals surface area contributed by atoms with Crippen LogP contribution in [0.25, 0.3) is 0 Å². The van der Waals surface area contributed by atoms with Crippen molar-refractivity contribution < 1.29 is 14.3 Å². The maximum absolute atomic E-state index is 12.1. The third kappa shape index (κ3) is 4.45. The summed E-state index contributed by atoms with van der Waals surface area (Å²) in [5.74, 6) is -0.471. The minimum absolute atomic E-state index is 0.0512. The molecule has 1 aliphatic heterocycles. The van der Waals surface area contributed by atoms with E-state index in [1.807, 2.05) is 13.8 Å². The molecule has 20 heavy (non-hydrogen) atoms. The standard InChI is InChI=1S/C14H27N3O3/c1-4-10(2)13(14(19)20-3)16-12(18)9-17-7-5-6-11(17)8-15/h10-11,13H,4-9,15H2,1-3H3,(H,16,18). The second-order valence-corrected chi connectivity index (χ2v) is 5.46. The van der Waals surface area contributed by atoms with E-state index in [4.69, 9.17) is 10.5 Å². The van der Waals surface area contributed by atoms with Gasteiger partial charge >= 0.3 is 5.97 Å². The number of hydrogen-bond acceptors (Lipinski definition) is 5. The molecule has 0 aromatic carbocycles. The summed E-state index contributed by atoms with van der Waals surface area (Å²) in [6.45, 7) is 5.67. The van der Waals surface area contributed by atoms with E-state index < -0.39 is 6.04 Å². The Hall–Kier alpha value is -1.14. The van der Waals surface area contributed by atoms with Crippen molar-refractivity contribution in [2.45, 2.75) is 45.2 Å². The Morgan fingerprint density at radius 1 is 1.50 bits per heavy atom. The highest BCUT2D eigenvalue weighted by molar-refractivity contribution is 5.85. The molecule has 0 bridgehead atoms. The largest absolute Gasteiger partial charge is 0.467 e. The maximum Gasteiger partial charge on any atom is 0.328 e. The molecular weight excluding hydrogens is 258 g/mol. The molecule has 1 heterocycles. The second kappa shape index (κ2) is 8.21. The molecule has 1 saturated heterocycles. The van der Waals surface area contributed by atoms with Gasteiger partial charge in [0, 0.05) is 12.6 Å². The molecule has 0 aromatic heterocycles. The van der Waals surface area contributed by atoms with E-state index >= 15 is 0 Å². The molecule has 3 unspecified atom stereocenters. The van der Waals surface area contributed by atoms with Gasteiger partial charge in [-0.2, -0.15) is 0 Å². The highest BCUT2D eigenvalue weighted by Gasteiger charge is 2.29. The summed E-state index contributed by atoms with van der Waals surface area (Å²) in [7, 11) is 1.34. The minimum atomic E-state index is -0.573. The third-order valence-electron chi connectivity index (χ3n) is 4.10. The van der Waals surface area contributed by atoms with E-state index in [0.717, 1.165) is 25.8 Å². The van der Waals surface area contributed by atoms with Crippen LogP contribution in [-0.2, 0) is 14.3 Å². The fourth-order valence-electron chi connectivity index (χ4n) is 2.57. The zero-order valence-corrected chi connectivity index (χ0v) is 12.7. The first kappa shape index (κ1) is 16.9. The molecule has 1 fully saturated rings. The van der Waals surface area contributed by atoms with Crippen LogP contribution in [0.5, 0.6) is 0 Å². The first-order chi connectivity index (χ1) is 9.53. The number of methoxy groups -OCH3 is 1. The molecule has 0 aromatic rings. The maximum atomic E-state index is 12.1. The normalized spacial score (nSPS) is 22.3.